The van der Waals surface area contributed by atoms with Gasteiger partial charge < -0.3 is 10.1 Å². The van der Waals surface area contributed by atoms with Gasteiger partial charge in [-0.1, -0.05) is 6.42 Å². The van der Waals surface area contributed by atoms with Crippen molar-refractivity contribution in [3.05, 3.63) is 0 Å². The molecule has 1 amide bonds. The first-order valence-electron chi connectivity index (χ1n) is 5.23. The van der Waals surface area contributed by atoms with E-state index >= 15 is 0 Å². The van der Waals surface area contributed by atoms with E-state index < -0.39 is 0 Å². The van der Waals surface area contributed by atoms with Crippen LogP contribution in [-0.2, 0) is 4.74 Å². The first-order chi connectivity index (χ1) is 6.29. The number of ether oxygens (including phenoxy) is 1. The van der Waals surface area contributed by atoms with Gasteiger partial charge in [-0.2, -0.15) is 0 Å². The third-order valence-electron chi connectivity index (χ3n) is 3.32. The quantitative estimate of drug-likeness (QED) is 0.710. The van der Waals surface area contributed by atoms with Crippen LogP contribution in [0.3, 0.4) is 0 Å². The minimum atomic E-state index is -0.236. The maximum Gasteiger partial charge on any atom is 0.407 e. The van der Waals surface area contributed by atoms with E-state index in [4.69, 9.17) is 4.74 Å². The lowest BCUT2D eigenvalue weighted by Crippen LogP contribution is -2.38. The van der Waals surface area contributed by atoms with Gasteiger partial charge in [0.15, 0.2) is 0 Å². The molecule has 74 valence electrons. The molecule has 2 aliphatic rings. The maximum atomic E-state index is 11.1. The van der Waals surface area contributed by atoms with Crippen molar-refractivity contribution in [3.8, 4) is 0 Å². The zero-order chi connectivity index (χ0) is 9.26. The summed E-state index contributed by atoms with van der Waals surface area (Å²) in [4.78, 5) is 11.1. The molecule has 0 spiro atoms. The molecule has 0 heterocycles. The molecule has 0 radical (unpaired) electrons. The standard InChI is InChI=1S/C10H17NO2/c1-2-13-10(12)11-9-6-7-3-4-8(9)5-7/h7-9H,2-6H2,1H3,(H,11,12)/t7-,8-,9+/m0/s1. The summed E-state index contributed by atoms with van der Waals surface area (Å²) in [5, 5.41) is 2.95. The molecule has 1 N–H and O–H groups in total. The Balaban J connectivity index is 1.79. The fraction of sp³-hybridized carbons (Fsp3) is 0.900. The van der Waals surface area contributed by atoms with Gasteiger partial charge in [0.2, 0.25) is 0 Å². The molecular weight excluding hydrogens is 166 g/mol. The fourth-order valence-corrected chi connectivity index (χ4v) is 2.75. The number of carbonyl (C=O) groups is 1. The van der Waals surface area contributed by atoms with Crippen LogP contribution in [0.2, 0.25) is 0 Å². The summed E-state index contributed by atoms with van der Waals surface area (Å²) in [6.07, 6.45) is 4.91. The molecule has 0 aliphatic heterocycles. The summed E-state index contributed by atoms with van der Waals surface area (Å²) in [7, 11) is 0. The Bertz CT molecular complexity index is 205. The van der Waals surface area contributed by atoms with Crippen molar-refractivity contribution in [2.24, 2.45) is 11.8 Å². The molecule has 3 heteroatoms. The number of hydrogen-bond acceptors (Lipinski definition) is 2. The van der Waals surface area contributed by atoms with Crippen LogP contribution >= 0.6 is 0 Å². The Hall–Kier alpha value is -0.730. The minimum absolute atomic E-state index is 0.236. The molecular formula is C10H17NO2. The summed E-state index contributed by atoms with van der Waals surface area (Å²) < 4.78 is 4.86. The predicted molar refractivity (Wildman–Crippen MR) is 49.4 cm³/mol. The third-order valence-corrected chi connectivity index (χ3v) is 3.32. The zero-order valence-electron chi connectivity index (χ0n) is 8.08. The number of alkyl carbamates (subject to hydrolysis) is 1. The number of carbonyl (C=O) groups excluding carboxylic acids is 1. The van der Waals surface area contributed by atoms with Crippen LogP contribution in [0, 0.1) is 11.8 Å². The SMILES string of the molecule is CCOC(=O)N[C@@H]1C[C@H]2CC[C@H]1C2. The van der Waals surface area contributed by atoms with Crippen molar-refractivity contribution in [2.75, 3.05) is 6.61 Å². The number of hydrogen-bond donors (Lipinski definition) is 1. The number of rotatable bonds is 2. The molecule has 2 rings (SSSR count). The Labute approximate surface area is 78.8 Å². The Morgan fingerprint density at radius 3 is 2.85 bits per heavy atom. The molecule has 0 aromatic rings. The predicted octanol–water partition coefficient (Wildman–Crippen LogP) is 1.92. The summed E-state index contributed by atoms with van der Waals surface area (Å²) in [6.45, 7) is 2.30. The van der Waals surface area contributed by atoms with E-state index in [1.165, 1.54) is 25.7 Å². The van der Waals surface area contributed by atoms with Gasteiger partial charge in [0.05, 0.1) is 6.61 Å². The van der Waals surface area contributed by atoms with E-state index in [1.807, 2.05) is 6.92 Å². The van der Waals surface area contributed by atoms with Crippen LogP contribution in [0.1, 0.15) is 32.6 Å². The summed E-state index contributed by atoms with van der Waals surface area (Å²) in [6, 6.07) is 0.401. The van der Waals surface area contributed by atoms with Crippen LogP contribution in [0.4, 0.5) is 4.79 Å². The molecule has 3 atom stereocenters. The Morgan fingerprint density at radius 1 is 1.46 bits per heavy atom. The lowest BCUT2D eigenvalue weighted by molar-refractivity contribution is 0.143. The summed E-state index contributed by atoms with van der Waals surface area (Å²) in [5.41, 5.74) is 0. The first kappa shape index (κ1) is 8.85. The van der Waals surface area contributed by atoms with Crippen molar-refractivity contribution in [3.63, 3.8) is 0 Å². The highest BCUT2D eigenvalue weighted by Crippen LogP contribution is 2.44. The average molecular weight is 183 g/mol. The van der Waals surface area contributed by atoms with Crippen molar-refractivity contribution in [1.82, 2.24) is 5.32 Å². The minimum Gasteiger partial charge on any atom is -0.450 e. The lowest BCUT2D eigenvalue weighted by Gasteiger charge is -2.22. The summed E-state index contributed by atoms with van der Waals surface area (Å²) >= 11 is 0. The van der Waals surface area contributed by atoms with Gasteiger partial charge in [0.1, 0.15) is 0 Å². The molecule has 2 aliphatic carbocycles. The van der Waals surface area contributed by atoms with Gasteiger partial charge in [-0.15, -0.1) is 0 Å². The molecule has 0 aromatic carbocycles. The van der Waals surface area contributed by atoms with Gasteiger partial charge in [0, 0.05) is 6.04 Å². The van der Waals surface area contributed by atoms with E-state index in [-0.39, 0.29) is 6.09 Å². The second-order valence-corrected chi connectivity index (χ2v) is 4.15. The van der Waals surface area contributed by atoms with Gasteiger partial charge >= 0.3 is 6.09 Å². The van der Waals surface area contributed by atoms with Crippen molar-refractivity contribution in [1.29, 1.82) is 0 Å². The molecule has 3 nitrogen and oxygen atoms in total. The van der Waals surface area contributed by atoms with E-state index in [2.05, 4.69) is 5.32 Å². The highest BCUT2D eigenvalue weighted by atomic mass is 16.5. The molecule has 0 unspecified atom stereocenters. The van der Waals surface area contributed by atoms with Gasteiger partial charge in [-0.3, -0.25) is 0 Å². The number of nitrogens with one attached hydrogen (secondary N) is 1. The van der Waals surface area contributed by atoms with Crippen molar-refractivity contribution in [2.45, 2.75) is 38.6 Å². The van der Waals surface area contributed by atoms with E-state index in [0.29, 0.717) is 12.6 Å². The molecule has 0 aromatic heterocycles. The van der Waals surface area contributed by atoms with Gasteiger partial charge in [-0.25, -0.2) is 4.79 Å². The zero-order valence-corrected chi connectivity index (χ0v) is 8.08. The third kappa shape index (κ3) is 1.79. The maximum absolute atomic E-state index is 11.1. The normalized spacial score (nSPS) is 36.2. The van der Waals surface area contributed by atoms with Crippen LogP contribution < -0.4 is 5.32 Å². The molecule has 0 saturated heterocycles. The highest BCUT2D eigenvalue weighted by molar-refractivity contribution is 5.67. The molecule has 2 saturated carbocycles. The highest BCUT2D eigenvalue weighted by Gasteiger charge is 2.40. The fourth-order valence-electron chi connectivity index (χ4n) is 2.75. The largest absolute Gasteiger partial charge is 0.450 e. The van der Waals surface area contributed by atoms with Crippen LogP contribution in [0.25, 0.3) is 0 Å². The Kier molecular flexibility index (Phi) is 2.42. The van der Waals surface area contributed by atoms with E-state index in [0.717, 1.165) is 11.8 Å². The van der Waals surface area contributed by atoms with Crippen LogP contribution in [-0.4, -0.2) is 18.7 Å². The van der Waals surface area contributed by atoms with Crippen molar-refractivity contribution >= 4 is 6.09 Å². The summed E-state index contributed by atoms with van der Waals surface area (Å²) in [5.74, 6) is 1.60. The second kappa shape index (κ2) is 3.56. The average Bonchev–Trinajstić information content (AvgIpc) is 2.65. The Morgan fingerprint density at radius 2 is 2.31 bits per heavy atom. The van der Waals surface area contributed by atoms with Gasteiger partial charge in [-0.05, 0) is 38.0 Å². The number of fused-ring (bicyclic) bond motifs is 2. The smallest absolute Gasteiger partial charge is 0.407 e. The topological polar surface area (TPSA) is 38.3 Å². The molecule has 13 heavy (non-hydrogen) atoms. The van der Waals surface area contributed by atoms with E-state index in [1.54, 1.807) is 0 Å². The lowest BCUT2D eigenvalue weighted by atomic mass is 9.96. The molecule has 2 bridgehead atoms. The van der Waals surface area contributed by atoms with E-state index in [9.17, 15) is 4.79 Å². The first-order valence-corrected chi connectivity index (χ1v) is 5.23. The van der Waals surface area contributed by atoms with Gasteiger partial charge in [0.25, 0.3) is 0 Å². The number of amides is 1. The monoisotopic (exact) mass is 183 g/mol. The second-order valence-electron chi connectivity index (χ2n) is 4.15. The van der Waals surface area contributed by atoms with Crippen LogP contribution in [0.15, 0.2) is 0 Å². The van der Waals surface area contributed by atoms with Crippen molar-refractivity contribution < 1.29 is 9.53 Å². The molecule has 2 fully saturated rings. The van der Waals surface area contributed by atoms with Crippen LogP contribution in [0.5, 0.6) is 0 Å².